The Morgan fingerprint density at radius 3 is 2.37 bits per heavy atom. The number of hydrogen-bond acceptors (Lipinski definition) is 2. The number of pyridine rings is 1. The Hall–Kier alpha value is -2.57. The van der Waals surface area contributed by atoms with Crippen molar-refractivity contribution in [1.82, 2.24) is 9.47 Å². The predicted octanol–water partition coefficient (Wildman–Crippen LogP) is 3.50. The average Bonchev–Trinajstić information content (AvgIpc) is 2.61. The minimum Gasteiger partial charge on any atom is -0.342 e. The maximum Gasteiger partial charge on any atom is 0.416 e. The second kappa shape index (κ2) is 6.25. The minimum atomic E-state index is -4.39. The molecule has 0 spiro atoms. The summed E-state index contributed by atoms with van der Waals surface area (Å²) in [4.78, 5) is 26.2. The highest BCUT2D eigenvalue weighted by atomic mass is 19.4. The molecule has 3 heterocycles. The van der Waals surface area contributed by atoms with E-state index in [0.717, 1.165) is 24.2 Å². The van der Waals surface area contributed by atoms with Crippen molar-refractivity contribution in [3.05, 3.63) is 58.0 Å². The number of alkyl halides is 3. The fraction of sp³-hybridized carbons (Fsp3) is 0.400. The van der Waals surface area contributed by atoms with Crippen LogP contribution < -0.4 is 5.56 Å². The molecule has 142 valence electrons. The Balaban J connectivity index is 1.72. The SMILES string of the molecule is CC(=O)N1C[C@@H]2C[C@H](C1)c1cc(-c3ccc(C(F)(F)F)cc3)cc(=O)n1C2. The number of carbonyl (C=O) groups excluding carboxylic acids is 1. The quantitative estimate of drug-likeness (QED) is 0.765. The number of likely N-dealkylation sites (tertiary alicyclic amines) is 1. The van der Waals surface area contributed by atoms with E-state index in [1.807, 2.05) is 11.0 Å². The number of amides is 1. The van der Waals surface area contributed by atoms with Gasteiger partial charge in [0.25, 0.3) is 5.56 Å². The molecular weight excluding hydrogens is 357 g/mol. The molecular formula is C20H19F3N2O2. The van der Waals surface area contributed by atoms with E-state index in [9.17, 15) is 22.8 Å². The second-order valence-electron chi connectivity index (χ2n) is 7.42. The molecule has 2 bridgehead atoms. The summed E-state index contributed by atoms with van der Waals surface area (Å²) in [6.45, 7) is 3.36. The van der Waals surface area contributed by atoms with Gasteiger partial charge in [0.05, 0.1) is 5.56 Å². The number of rotatable bonds is 1. The molecule has 0 unspecified atom stereocenters. The lowest BCUT2D eigenvalue weighted by molar-refractivity contribution is -0.137. The fourth-order valence-electron chi connectivity index (χ4n) is 4.23. The van der Waals surface area contributed by atoms with E-state index in [4.69, 9.17) is 0 Å². The standard InChI is InChI=1S/C20H19F3N2O2/c1-12(26)24-9-13-6-16(11-24)18-7-15(8-19(27)25(18)10-13)14-2-4-17(5-3-14)20(21,22)23/h2-5,7-8,13,16H,6,9-11H2,1H3/t13-,16+/m0/s1. The Bertz CT molecular complexity index is 947. The van der Waals surface area contributed by atoms with Crippen molar-refractivity contribution in [3.8, 4) is 11.1 Å². The van der Waals surface area contributed by atoms with Crippen LogP contribution in [-0.2, 0) is 17.5 Å². The molecule has 1 aromatic heterocycles. The lowest BCUT2D eigenvalue weighted by Gasteiger charge is -2.42. The van der Waals surface area contributed by atoms with Gasteiger partial charge in [-0.05, 0) is 41.7 Å². The first-order chi connectivity index (χ1) is 12.7. The molecule has 27 heavy (non-hydrogen) atoms. The van der Waals surface area contributed by atoms with Gasteiger partial charge in [-0.3, -0.25) is 9.59 Å². The summed E-state index contributed by atoms with van der Waals surface area (Å²) >= 11 is 0. The van der Waals surface area contributed by atoms with Gasteiger partial charge in [0.1, 0.15) is 0 Å². The normalized spacial score (nSPS) is 21.7. The molecule has 0 aliphatic carbocycles. The zero-order valence-corrected chi connectivity index (χ0v) is 14.8. The van der Waals surface area contributed by atoms with Crippen LogP contribution >= 0.6 is 0 Å². The summed E-state index contributed by atoms with van der Waals surface area (Å²) in [5.74, 6) is 0.359. The first-order valence-electron chi connectivity index (χ1n) is 8.90. The summed E-state index contributed by atoms with van der Waals surface area (Å²) in [5, 5.41) is 0. The maximum atomic E-state index is 12.8. The summed E-state index contributed by atoms with van der Waals surface area (Å²) in [6.07, 6.45) is -3.47. The summed E-state index contributed by atoms with van der Waals surface area (Å²) in [6, 6.07) is 8.21. The number of nitrogens with zero attached hydrogens (tertiary/aromatic N) is 2. The Morgan fingerprint density at radius 1 is 1.04 bits per heavy atom. The van der Waals surface area contributed by atoms with Crippen LogP contribution in [0.4, 0.5) is 13.2 Å². The Kier molecular flexibility index (Phi) is 4.13. The molecule has 1 amide bonds. The summed E-state index contributed by atoms with van der Waals surface area (Å²) < 4.78 is 40.1. The van der Waals surface area contributed by atoms with Crippen LogP contribution in [-0.4, -0.2) is 28.5 Å². The fourth-order valence-corrected chi connectivity index (χ4v) is 4.23. The van der Waals surface area contributed by atoms with E-state index < -0.39 is 11.7 Å². The number of hydrogen-bond donors (Lipinski definition) is 0. The van der Waals surface area contributed by atoms with Crippen LogP contribution in [0.5, 0.6) is 0 Å². The highest BCUT2D eigenvalue weighted by molar-refractivity contribution is 5.73. The molecule has 4 rings (SSSR count). The molecule has 1 saturated heterocycles. The molecule has 2 aliphatic rings. The molecule has 2 aromatic rings. The molecule has 0 saturated carbocycles. The lowest BCUT2D eigenvalue weighted by Crippen LogP contribution is -2.48. The molecule has 4 nitrogen and oxygen atoms in total. The van der Waals surface area contributed by atoms with Crippen LogP contribution in [0.1, 0.15) is 30.5 Å². The van der Waals surface area contributed by atoms with Gasteiger partial charge in [-0.2, -0.15) is 13.2 Å². The number of fused-ring (bicyclic) bond motifs is 4. The van der Waals surface area contributed by atoms with E-state index in [0.29, 0.717) is 30.8 Å². The maximum absolute atomic E-state index is 12.8. The van der Waals surface area contributed by atoms with Gasteiger partial charge in [-0.15, -0.1) is 0 Å². The van der Waals surface area contributed by atoms with Crippen LogP contribution in [0.15, 0.2) is 41.2 Å². The van der Waals surface area contributed by atoms with Gasteiger partial charge in [0.15, 0.2) is 0 Å². The van der Waals surface area contributed by atoms with E-state index in [-0.39, 0.29) is 23.3 Å². The van der Waals surface area contributed by atoms with Crippen molar-refractivity contribution in [2.75, 3.05) is 13.1 Å². The van der Waals surface area contributed by atoms with Crippen LogP contribution in [0.2, 0.25) is 0 Å². The smallest absolute Gasteiger partial charge is 0.342 e. The minimum absolute atomic E-state index is 0.0272. The van der Waals surface area contributed by atoms with Crippen LogP contribution in [0.3, 0.4) is 0 Å². The number of benzene rings is 1. The van der Waals surface area contributed by atoms with Crippen LogP contribution in [0, 0.1) is 5.92 Å². The number of aromatic nitrogens is 1. The summed E-state index contributed by atoms with van der Waals surface area (Å²) in [7, 11) is 0. The van der Waals surface area contributed by atoms with Crippen molar-refractivity contribution in [3.63, 3.8) is 0 Å². The molecule has 2 aliphatic heterocycles. The Morgan fingerprint density at radius 2 is 1.74 bits per heavy atom. The lowest BCUT2D eigenvalue weighted by atomic mass is 9.82. The largest absolute Gasteiger partial charge is 0.416 e. The number of halogens is 3. The van der Waals surface area contributed by atoms with Crippen LogP contribution in [0.25, 0.3) is 11.1 Å². The van der Waals surface area contributed by atoms with E-state index in [1.165, 1.54) is 18.2 Å². The summed E-state index contributed by atoms with van der Waals surface area (Å²) in [5.41, 5.74) is 1.18. The number of carbonyl (C=O) groups is 1. The van der Waals surface area contributed by atoms with Crippen molar-refractivity contribution >= 4 is 5.91 Å². The first kappa shape index (κ1) is 17.8. The topological polar surface area (TPSA) is 42.3 Å². The number of piperidine rings is 1. The van der Waals surface area contributed by atoms with Gasteiger partial charge in [0.2, 0.25) is 5.91 Å². The Labute approximate surface area is 154 Å². The molecule has 2 atom stereocenters. The van der Waals surface area contributed by atoms with E-state index in [2.05, 4.69) is 0 Å². The van der Waals surface area contributed by atoms with E-state index >= 15 is 0 Å². The van der Waals surface area contributed by atoms with Gasteiger partial charge >= 0.3 is 6.18 Å². The second-order valence-corrected chi connectivity index (χ2v) is 7.42. The first-order valence-corrected chi connectivity index (χ1v) is 8.90. The zero-order chi connectivity index (χ0) is 19.3. The van der Waals surface area contributed by atoms with Crippen molar-refractivity contribution in [2.24, 2.45) is 5.92 Å². The van der Waals surface area contributed by atoms with E-state index in [1.54, 1.807) is 11.5 Å². The zero-order valence-electron chi connectivity index (χ0n) is 14.8. The monoisotopic (exact) mass is 376 g/mol. The molecule has 1 fully saturated rings. The highest BCUT2D eigenvalue weighted by Gasteiger charge is 2.36. The average molecular weight is 376 g/mol. The third kappa shape index (κ3) is 3.26. The molecule has 0 N–H and O–H groups in total. The van der Waals surface area contributed by atoms with Gasteiger partial charge in [0, 0.05) is 44.2 Å². The molecule has 7 heteroatoms. The van der Waals surface area contributed by atoms with Crippen molar-refractivity contribution in [2.45, 2.75) is 32.0 Å². The van der Waals surface area contributed by atoms with Crippen molar-refractivity contribution in [1.29, 1.82) is 0 Å². The molecule has 1 aromatic carbocycles. The van der Waals surface area contributed by atoms with Gasteiger partial charge in [-0.25, -0.2) is 0 Å². The van der Waals surface area contributed by atoms with Gasteiger partial charge < -0.3 is 9.47 Å². The highest BCUT2D eigenvalue weighted by Crippen LogP contribution is 2.37. The van der Waals surface area contributed by atoms with Gasteiger partial charge in [-0.1, -0.05) is 12.1 Å². The molecule has 0 radical (unpaired) electrons. The third-order valence-electron chi connectivity index (χ3n) is 5.55. The predicted molar refractivity (Wildman–Crippen MR) is 94.2 cm³/mol. The third-order valence-corrected chi connectivity index (χ3v) is 5.55. The van der Waals surface area contributed by atoms with Crippen molar-refractivity contribution < 1.29 is 18.0 Å².